The topological polar surface area (TPSA) is 90.0 Å². The van der Waals surface area contributed by atoms with Gasteiger partial charge in [0.1, 0.15) is 12.1 Å². The van der Waals surface area contributed by atoms with Gasteiger partial charge in [0.05, 0.1) is 17.4 Å². The summed E-state index contributed by atoms with van der Waals surface area (Å²) in [6.45, 7) is 1.76. The summed E-state index contributed by atoms with van der Waals surface area (Å²) < 4.78 is 1.77. The van der Waals surface area contributed by atoms with Gasteiger partial charge in [-0.25, -0.2) is 4.98 Å². The van der Waals surface area contributed by atoms with E-state index in [1.54, 1.807) is 42.1 Å². The second kappa shape index (κ2) is 6.54. The zero-order valence-corrected chi connectivity index (χ0v) is 13.2. The maximum absolute atomic E-state index is 12.6. The molecule has 122 valence electrons. The SMILES string of the molecule is C[C@@H](C(=O)N[C@H](C(N)=O)c1ccccc1)n1cnc2ccccc21. The molecule has 0 saturated heterocycles. The Morgan fingerprint density at radius 2 is 1.75 bits per heavy atom. The molecule has 24 heavy (non-hydrogen) atoms. The van der Waals surface area contributed by atoms with E-state index >= 15 is 0 Å². The molecule has 0 aliphatic carbocycles. The lowest BCUT2D eigenvalue weighted by Crippen LogP contribution is -2.40. The molecule has 3 N–H and O–H groups in total. The monoisotopic (exact) mass is 322 g/mol. The van der Waals surface area contributed by atoms with Crippen LogP contribution >= 0.6 is 0 Å². The van der Waals surface area contributed by atoms with E-state index in [0.717, 1.165) is 11.0 Å². The van der Waals surface area contributed by atoms with Gasteiger partial charge in [-0.05, 0) is 24.6 Å². The van der Waals surface area contributed by atoms with E-state index in [2.05, 4.69) is 10.3 Å². The molecule has 0 radical (unpaired) electrons. The summed E-state index contributed by atoms with van der Waals surface area (Å²) in [5.74, 6) is -0.900. The molecular formula is C18H18N4O2. The number of para-hydroxylation sites is 2. The fourth-order valence-corrected chi connectivity index (χ4v) is 2.64. The molecule has 0 spiro atoms. The fourth-order valence-electron chi connectivity index (χ4n) is 2.64. The lowest BCUT2D eigenvalue weighted by atomic mass is 10.1. The lowest BCUT2D eigenvalue weighted by Gasteiger charge is -2.20. The highest BCUT2D eigenvalue weighted by Crippen LogP contribution is 2.19. The van der Waals surface area contributed by atoms with Crippen LogP contribution in [-0.2, 0) is 9.59 Å². The Morgan fingerprint density at radius 3 is 2.46 bits per heavy atom. The predicted molar refractivity (Wildman–Crippen MR) is 91.0 cm³/mol. The van der Waals surface area contributed by atoms with Crippen LogP contribution in [0.1, 0.15) is 24.6 Å². The molecule has 0 aliphatic heterocycles. The molecule has 2 atom stereocenters. The summed E-state index contributed by atoms with van der Waals surface area (Å²) in [5, 5.41) is 2.72. The van der Waals surface area contributed by atoms with Gasteiger partial charge in [-0.3, -0.25) is 9.59 Å². The number of aromatic nitrogens is 2. The summed E-state index contributed by atoms with van der Waals surface area (Å²) in [5.41, 5.74) is 7.78. The van der Waals surface area contributed by atoms with E-state index in [1.165, 1.54) is 0 Å². The Hall–Kier alpha value is -3.15. The van der Waals surface area contributed by atoms with Gasteiger partial charge in [-0.15, -0.1) is 0 Å². The van der Waals surface area contributed by atoms with E-state index in [9.17, 15) is 9.59 Å². The first kappa shape index (κ1) is 15.7. The number of primary amides is 1. The molecule has 6 nitrogen and oxygen atoms in total. The van der Waals surface area contributed by atoms with Crippen LogP contribution in [0.15, 0.2) is 60.9 Å². The van der Waals surface area contributed by atoms with Crippen molar-refractivity contribution in [2.24, 2.45) is 5.73 Å². The van der Waals surface area contributed by atoms with Gasteiger partial charge in [-0.1, -0.05) is 42.5 Å². The summed E-state index contributed by atoms with van der Waals surface area (Å²) in [7, 11) is 0. The van der Waals surface area contributed by atoms with Crippen LogP contribution in [0.2, 0.25) is 0 Å². The smallest absolute Gasteiger partial charge is 0.244 e. The van der Waals surface area contributed by atoms with Crippen molar-refractivity contribution in [3.8, 4) is 0 Å². The average Bonchev–Trinajstić information content (AvgIpc) is 3.03. The number of amides is 2. The Kier molecular flexibility index (Phi) is 4.29. The first-order valence-corrected chi connectivity index (χ1v) is 7.64. The number of carbonyl (C=O) groups is 2. The number of imidazole rings is 1. The molecule has 2 aromatic carbocycles. The summed E-state index contributed by atoms with van der Waals surface area (Å²) in [6.07, 6.45) is 1.62. The van der Waals surface area contributed by atoms with Crippen LogP contribution in [0.3, 0.4) is 0 Å². The first-order chi connectivity index (χ1) is 11.6. The van der Waals surface area contributed by atoms with Crippen LogP contribution in [-0.4, -0.2) is 21.4 Å². The predicted octanol–water partition coefficient (Wildman–Crippen LogP) is 1.94. The molecular weight excluding hydrogens is 304 g/mol. The average molecular weight is 322 g/mol. The number of nitrogens with two attached hydrogens (primary N) is 1. The van der Waals surface area contributed by atoms with Gasteiger partial charge in [0.25, 0.3) is 0 Å². The van der Waals surface area contributed by atoms with Crippen LogP contribution < -0.4 is 11.1 Å². The second-order valence-electron chi connectivity index (χ2n) is 5.57. The summed E-state index contributed by atoms with van der Waals surface area (Å²) >= 11 is 0. The highest BCUT2D eigenvalue weighted by molar-refractivity contribution is 5.90. The Balaban J connectivity index is 1.84. The molecule has 3 rings (SSSR count). The van der Waals surface area contributed by atoms with Gasteiger partial charge >= 0.3 is 0 Å². The zero-order valence-electron chi connectivity index (χ0n) is 13.2. The van der Waals surface area contributed by atoms with Gasteiger partial charge in [0.2, 0.25) is 11.8 Å². The minimum absolute atomic E-state index is 0.300. The van der Waals surface area contributed by atoms with Crippen molar-refractivity contribution in [3.63, 3.8) is 0 Å². The number of benzene rings is 2. The number of hydrogen-bond donors (Lipinski definition) is 2. The van der Waals surface area contributed by atoms with Gasteiger partial charge in [0, 0.05) is 0 Å². The number of hydrogen-bond acceptors (Lipinski definition) is 3. The minimum Gasteiger partial charge on any atom is -0.368 e. The summed E-state index contributed by atoms with van der Waals surface area (Å²) in [4.78, 5) is 28.6. The number of rotatable bonds is 5. The molecule has 0 fully saturated rings. The van der Waals surface area contributed by atoms with Gasteiger partial charge in [-0.2, -0.15) is 0 Å². The molecule has 3 aromatic rings. The minimum atomic E-state index is -0.865. The van der Waals surface area contributed by atoms with Crippen molar-refractivity contribution in [1.29, 1.82) is 0 Å². The van der Waals surface area contributed by atoms with Crippen LogP contribution in [0.4, 0.5) is 0 Å². The molecule has 2 amide bonds. The van der Waals surface area contributed by atoms with Crippen LogP contribution in [0, 0.1) is 0 Å². The zero-order chi connectivity index (χ0) is 17.1. The molecule has 6 heteroatoms. The normalized spacial score (nSPS) is 13.4. The third-order valence-electron chi connectivity index (χ3n) is 3.98. The van der Waals surface area contributed by atoms with E-state index in [4.69, 9.17) is 5.73 Å². The molecule has 1 heterocycles. The Bertz CT molecular complexity index is 873. The second-order valence-corrected chi connectivity index (χ2v) is 5.57. The highest BCUT2D eigenvalue weighted by Gasteiger charge is 2.24. The Labute approximate surface area is 139 Å². The largest absolute Gasteiger partial charge is 0.368 e. The van der Waals surface area contributed by atoms with Crippen molar-refractivity contribution in [2.75, 3.05) is 0 Å². The van der Waals surface area contributed by atoms with Crippen LogP contribution in [0.25, 0.3) is 11.0 Å². The first-order valence-electron chi connectivity index (χ1n) is 7.64. The van der Waals surface area contributed by atoms with Crippen molar-refractivity contribution in [2.45, 2.75) is 19.0 Å². The van der Waals surface area contributed by atoms with E-state index in [-0.39, 0.29) is 5.91 Å². The number of carbonyl (C=O) groups excluding carboxylic acids is 2. The van der Waals surface area contributed by atoms with Crippen molar-refractivity contribution < 1.29 is 9.59 Å². The maximum atomic E-state index is 12.6. The van der Waals surface area contributed by atoms with Gasteiger partial charge < -0.3 is 15.6 Å². The number of nitrogens with one attached hydrogen (secondary N) is 1. The third-order valence-corrected chi connectivity index (χ3v) is 3.98. The molecule has 0 unspecified atom stereocenters. The highest BCUT2D eigenvalue weighted by atomic mass is 16.2. The maximum Gasteiger partial charge on any atom is 0.244 e. The number of fused-ring (bicyclic) bond motifs is 1. The third kappa shape index (κ3) is 2.99. The van der Waals surface area contributed by atoms with Crippen molar-refractivity contribution in [1.82, 2.24) is 14.9 Å². The lowest BCUT2D eigenvalue weighted by molar-refractivity contribution is -0.129. The van der Waals surface area contributed by atoms with Gasteiger partial charge in [0.15, 0.2) is 0 Å². The molecule has 0 saturated carbocycles. The van der Waals surface area contributed by atoms with Crippen molar-refractivity contribution >= 4 is 22.8 Å². The molecule has 1 aromatic heterocycles. The van der Waals surface area contributed by atoms with Crippen LogP contribution in [0.5, 0.6) is 0 Å². The van der Waals surface area contributed by atoms with E-state index in [1.807, 2.05) is 30.3 Å². The van der Waals surface area contributed by atoms with Crippen molar-refractivity contribution in [3.05, 3.63) is 66.5 Å². The quantitative estimate of drug-likeness (QED) is 0.752. The molecule has 0 aliphatic rings. The standard InChI is InChI=1S/C18H18N4O2/c1-12(22-11-20-14-9-5-6-10-15(14)22)18(24)21-16(17(19)23)13-7-3-2-4-8-13/h2-12,16H,1H3,(H2,19,23)(H,21,24)/t12-,16-/m0/s1. The van der Waals surface area contributed by atoms with E-state index < -0.39 is 18.0 Å². The molecule has 0 bridgehead atoms. The fraction of sp³-hybridized carbons (Fsp3) is 0.167. The Morgan fingerprint density at radius 1 is 1.08 bits per heavy atom. The summed E-state index contributed by atoms with van der Waals surface area (Å²) in [6, 6.07) is 15.1. The van der Waals surface area contributed by atoms with E-state index in [0.29, 0.717) is 5.56 Å². The number of nitrogens with zero attached hydrogens (tertiary/aromatic N) is 2.